The summed E-state index contributed by atoms with van der Waals surface area (Å²) in [6.07, 6.45) is 0. The highest BCUT2D eigenvalue weighted by Gasteiger charge is 2.31. The van der Waals surface area contributed by atoms with Crippen molar-refractivity contribution in [3.8, 4) is 0 Å². The third-order valence-corrected chi connectivity index (χ3v) is 4.39. The van der Waals surface area contributed by atoms with E-state index in [4.69, 9.17) is 0 Å². The Balaban J connectivity index is 1.70. The maximum atomic E-state index is 12.4. The molecule has 120 valence electrons. The zero-order valence-corrected chi connectivity index (χ0v) is 13.5. The molecule has 0 unspecified atom stereocenters. The van der Waals surface area contributed by atoms with Crippen LogP contribution in [0.1, 0.15) is 12.5 Å². The maximum absolute atomic E-state index is 12.4. The van der Waals surface area contributed by atoms with Gasteiger partial charge in [-0.25, -0.2) is 4.79 Å². The number of urea groups is 1. The second-order valence-corrected chi connectivity index (χ2v) is 5.99. The van der Waals surface area contributed by atoms with Crippen LogP contribution in [0.2, 0.25) is 0 Å². The summed E-state index contributed by atoms with van der Waals surface area (Å²) in [5, 5.41) is 5.06. The van der Waals surface area contributed by atoms with Crippen molar-refractivity contribution < 1.29 is 9.59 Å². The second kappa shape index (κ2) is 6.38. The van der Waals surface area contributed by atoms with Gasteiger partial charge in [0.25, 0.3) is 0 Å². The topological polar surface area (TPSA) is 52.7 Å². The summed E-state index contributed by atoms with van der Waals surface area (Å²) in [4.78, 5) is 27.3. The van der Waals surface area contributed by atoms with E-state index >= 15 is 0 Å². The van der Waals surface area contributed by atoms with Crippen LogP contribution in [0, 0.1) is 0 Å². The molecule has 1 saturated heterocycles. The van der Waals surface area contributed by atoms with E-state index < -0.39 is 0 Å². The van der Waals surface area contributed by atoms with Crippen molar-refractivity contribution in [3.05, 3.63) is 48.0 Å². The molecule has 3 rings (SSSR count). The average molecular weight is 311 g/mol. The smallest absolute Gasteiger partial charge is 0.324 e. The van der Waals surface area contributed by atoms with Gasteiger partial charge < -0.3 is 5.32 Å². The van der Waals surface area contributed by atoms with Crippen LogP contribution in [0.15, 0.2) is 42.5 Å². The normalized spacial score (nSPS) is 16.0. The summed E-state index contributed by atoms with van der Waals surface area (Å²) in [6.45, 7) is 3.49. The SMILES string of the molecule is C[C@H](C(=O)N1CCNC1=O)N(C)Cc1ccc2ccccc2c1. The number of benzene rings is 2. The van der Waals surface area contributed by atoms with Crippen molar-refractivity contribution in [2.45, 2.75) is 19.5 Å². The van der Waals surface area contributed by atoms with Gasteiger partial charge in [0.2, 0.25) is 5.91 Å². The highest BCUT2D eigenvalue weighted by Crippen LogP contribution is 2.17. The van der Waals surface area contributed by atoms with Crippen molar-refractivity contribution in [1.82, 2.24) is 15.1 Å². The van der Waals surface area contributed by atoms with Gasteiger partial charge in [0.15, 0.2) is 0 Å². The van der Waals surface area contributed by atoms with Crippen molar-refractivity contribution in [2.24, 2.45) is 0 Å². The zero-order valence-electron chi connectivity index (χ0n) is 13.5. The minimum Gasteiger partial charge on any atom is -0.336 e. The summed E-state index contributed by atoms with van der Waals surface area (Å²) in [6, 6.07) is 13.9. The van der Waals surface area contributed by atoms with Gasteiger partial charge in [0.1, 0.15) is 0 Å². The molecule has 1 aliphatic heterocycles. The van der Waals surface area contributed by atoms with Crippen LogP contribution in [0.4, 0.5) is 4.79 Å². The molecule has 0 aromatic heterocycles. The molecule has 5 heteroatoms. The molecular formula is C18H21N3O2. The fourth-order valence-electron chi connectivity index (χ4n) is 2.86. The Morgan fingerprint density at radius 1 is 1.26 bits per heavy atom. The minimum atomic E-state index is -0.342. The Bertz CT molecular complexity index is 744. The molecule has 3 amide bonds. The summed E-state index contributed by atoms with van der Waals surface area (Å²) in [7, 11) is 1.91. The van der Waals surface area contributed by atoms with Crippen molar-refractivity contribution in [1.29, 1.82) is 0 Å². The van der Waals surface area contributed by atoms with Gasteiger partial charge in [-0.2, -0.15) is 0 Å². The molecule has 23 heavy (non-hydrogen) atoms. The molecular weight excluding hydrogens is 290 g/mol. The lowest BCUT2D eigenvalue weighted by Crippen LogP contribution is -2.46. The third kappa shape index (κ3) is 3.19. The molecule has 1 N–H and O–H groups in total. The highest BCUT2D eigenvalue weighted by molar-refractivity contribution is 5.98. The first kappa shape index (κ1) is 15.5. The summed E-state index contributed by atoms with van der Waals surface area (Å²) < 4.78 is 0. The first-order chi connectivity index (χ1) is 11.1. The molecule has 0 aliphatic carbocycles. The van der Waals surface area contributed by atoms with E-state index in [1.807, 2.05) is 31.0 Å². The fraction of sp³-hybridized carbons (Fsp3) is 0.333. The molecule has 1 atom stereocenters. The molecule has 2 aromatic carbocycles. The molecule has 2 aromatic rings. The second-order valence-electron chi connectivity index (χ2n) is 5.99. The van der Waals surface area contributed by atoms with Gasteiger partial charge in [0, 0.05) is 19.6 Å². The van der Waals surface area contributed by atoms with Gasteiger partial charge in [0.05, 0.1) is 6.04 Å². The summed E-state index contributed by atoms with van der Waals surface area (Å²) >= 11 is 0. The number of carbonyl (C=O) groups is 2. The molecule has 0 radical (unpaired) electrons. The molecule has 0 spiro atoms. The number of imide groups is 1. The van der Waals surface area contributed by atoms with E-state index in [9.17, 15) is 9.59 Å². The minimum absolute atomic E-state index is 0.150. The van der Waals surface area contributed by atoms with Crippen LogP contribution in [-0.2, 0) is 11.3 Å². The first-order valence-electron chi connectivity index (χ1n) is 7.83. The van der Waals surface area contributed by atoms with Gasteiger partial charge >= 0.3 is 6.03 Å². The number of carbonyl (C=O) groups excluding carboxylic acids is 2. The van der Waals surface area contributed by atoms with Crippen LogP contribution in [0.3, 0.4) is 0 Å². The molecule has 1 heterocycles. The predicted molar refractivity (Wildman–Crippen MR) is 90.0 cm³/mol. The third-order valence-electron chi connectivity index (χ3n) is 4.39. The van der Waals surface area contributed by atoms with Gasteiger partial charge in [-0.1, -0.05) is 36.4 Å². The van der Waals surface area contributed by atoms with E-state index in [0.717, 1.165) is 5.56 Å². The molecule has 0 bridgehead atoms. The van der Waals surface area contributed by atoms with Crippen molar-refractivity contribution >= 4 is 22.7 Å². The largest absolute Gasteiger partial charge is 0.336 e. The highest BCUT2D eigenvalue weighted by atomic mass is 16.2. The average Bonchev–Trinajstić information content (AvgIpc) is 2.99. The van der Waals surface area contributed by atoms with Gasteiger partial charge in [-0.3, -0.25) is 14.6 Å². The van der Waals surface area contributed by atoms with Crippen LogP contribution in [0.5, 0.6) is 0 Å². The van der Waals surface area contributed by atoms with Crippen molar-refractivity contribution in [2.75, 3.05) is 20.1 Å². The molecule has 5 nitrogen and oxygen atoms in total. The number of rotatable bonds is 4. The van der Waals surface area contributed by atoms with Crippen LogP contribution in [0.25, 0.3) is 10.8 Å². The number of nitrogens with zero attached hydrogens (tertiary/aromatic N) is 2. The molecule has 0 saturated carbocycles. The number of likely N-dealkylation sites (N-methyl/N-ethyl adjacent to an activating group) is 1. The summed E-state index contributed by atoms with van der Waals surface area (Å²) in [5.74, 6) is -0.150. The maximum Gasteiger partial charge on any atom is 0.324 e. The Hall–Kier alpha value is -2.40. The Kier molecular flexibility index (Phi) is 4.30. The van der Waals surface area contributed by atoms with Gasteiger partial charge in [-0.15, -0.1) is 0 Å². The van der Waals surface area contributed by atoms with E-state index in [-0.39, 0.29) is 18.0 Å². The summed E-state index contributed by atoms with van der Waals surface area (Å²) in [5.41, 5.74) is 1.15. The van der Waals surface area contributed by atoms with E-state index in [1.54, 1.807) is 0 Å². The number of hydrogen-bond donors (Lipinski definition) is 1. The van der Waals surface area contributed by atoms with Crippen molar-refractivity contribution in [3.63, 3.8) is 0 Å². The number of hydrogen-bond acceptors (Lipinski definition) is 3. The Morgan fingerprint density at radius 2 is 2.00 bits per heavy atom. The lowest BCUT2D eigenvalue weighted by Gasteiger charge is -2.26. The molecule has 1 aliphatic rings. The monoisotopic (exact) mass is 311 g/mol. The Labute approximate surface area is 135 Å². The van der Waals surface area contributed by atoms with Crippen LogP contribution in [-0.4, -0.2) is 47.9 Å². The van der Waals surface area contributed by atoms with Crippen LogP contribution >= 0.6 is 0 Å². The number of amides is 3. The van der Waals surface area contributed by atoms with Gasteiger partial charge in [-0.05, 0) is 36.4 Å². The Morgan fingerprint density at radius 3 is 2.70 bits per heavy atom. The predicted octanol–water partition coefficient (Wildman–Crippen LogP) is 2.21. The zero-order chi connectivity index (χ0) is 16.4. The quantitative estimate of drug-likeness (QED) is 0.942. The first-order valence-corrected chi connectivity index (χ1v) is 7.83. The van der Waals surface area contributed by atoms with E-state index in [1.165, 1.54) is 15.7 Å². The lowest BCUT2D eigenvalue weighted by molar-refractivity contribution is -0.132. The standard InChI is InChI=1S/C18H21N3O2/c1-13(17(22)21-10-9-19-18(21)23)20(2)12-14-7-8-15-5-3-4-6-16(15)11-14/h3-8,11,13H,9-10,12H2,1-2H3,(H,19,23)/t13-/m1/s1. The fourth-order valence-corrected chi connectivity index (χ4v) is 2.86. The van der Waals surface area contributed by atoms with E-state index in [0.29, 0.717) is 19.6 Å². The number of nitrogens with one attached hydrogen (secondary N) is 1. The van der Waals surface area contributed by atoms with Crippen LogP contribution < -0.4 is 5.32 Å². The number of fused-ring (bicyclic) bond motifs is 1. The molecule has 1 fully saturated rings. The lowest BCUT2D eigenvalue weighted by atomic mass is 10.1. The van der Waals surface area contributed by atoms with E-state index in [2.05, 4.69) is 35.6 Å².